The van der Waals surface area contributed by atoms with Crippen LogP contribution in [0.1, 0.15) is 45.4 Å². The first-order chi connectivity index (χ1) is 15.6. The van der Waals surface area contributed by atoms with Gasteiger partial charge in [-0.2, -0.15) is 0 Å². The molecule has 0 spiro atoms. The average Bonchev–Trinajstić information content (AvgIpc) is 3.17. The van der Waals surface area contributed by atoms with E-state index < -0.39 is 0 Å². The zero-order valence-corrected chi connectivity index (χ0v) is 19.2. The fourth-order valence-electron chi connectivity index (χ4n) is 4.52. The molecule has 3 aromatic rings. The number of pyridine rings is 1. The molecule has 1 aliphatic rings. The van der Waals surface area contributed by atoms with Gasteiger partial charge in [-0.05, 0) is 25.3 Å². The highest BCUT2D eigenvalue weighted by Gasteiger charge is 2.20. The second-order valence-corrected chi connectivity index (χ2v) is 8.61. The number of benzene rings is 1. The molecule has 0 unspecified atom stereocenters. The number of para-hydroxylation sites is 1. The second kappa shape index (κ2) is 10.1. The van der Waals surface area contributed by atoms with Crippen LogP contribution in [0.25, 0.3) is 21.9 Å². The Morgan fingerprint density at radius 3 is 2.75 bits per heavy atom. The van der Waals surface area contributed by atoms with Crippen molar-refractivity contribution in [3.05, 3.63) is 42.2 Å². The molecule has 1 aliphatic heterocycles. The highest BCUT2D eigenvalue weighted by molar-refractivity contribution is 6.06. The topological polar surface area (TPSA) is 89.1 Å². The van der Waals surface area contributed by atoms with Crippen LogP contribution in [0.4, 0.5) is 5.82 Å². The smallest absolute Gasteiger partial charge is 0.219 e. The molecule has 0 atom stereocenters. The van der Waals surface area contributed by atoms with Gasteiger partial charge in [-0.1, -0.05) is 43.7 Å². The van der Waals surface area contributed by atoms with Crippen LogP contribution < -0.4 is 11.1 Å². The highest BCUT2D eigenvalue weighted by Crippen LogP contribution is 2.29. The molecule has 1 fully saturated rings. The summed E-state index contributed by atoms with van der Waals surface area (Å²) in [6.07, 6.45) is 9.58. The second-order valence-electron chi connectivity index (χ2n) is 8.61. The lowest BCUT2D eigenvalue weighted by Gasteiger charge is -2.31. The fourth-order valence-corrected chi connectivity index (χ4v) is 4.52. The molecule has 1 saturated heterocycles. The number of anilines is 1. The number of hydrogen-bond acceptors (Lipinski definition) is 5. The van der Waals surface area contributed by atoms with Gasteiger partial charge in [0.05, 0.1) is 11.0 Å². The number of nitrogens with zero attached hydrogens (tertiary/aromatic N) is 4. The number of hydrogen-bond donors (Lipinski definition) is 2. The summed E-state index contributed by atoms with van der Waals surface area (Å²) >= 11 is 0. The summed E-state index contributed by atoms with van der Waals surface area (Å²) in [4.78, 5) is 22.9. The maximum atomic E-state index is 11.5. The summed E-state index contributed by atoms with van der Waals surface area (Å²) in [5, 5.41) is 4.70. The third-order valence-electron chi connectivity index (χ3n) is 6.36. The molecule has 0 bridgehead atoms. The Balaban J connectivity index is 1.48. The quantitative estimate of drug-likeness (QED) is 0.528. The third-order valence-corrected chi connectivity index (χ3v) is 6.36. The SMILES string of the molecule is CCCCc1nc2c(N)nc3ccccc3c2n1C/C=C/CNC1CCN(C(C)=O)CC1. The van der Waals surface area contributed by atoms with Gasteiger partial charge in [-0.15, -0.1) is 0 Å². The van der Waals surface area contributed by atoms with Crippen molar-refractivity contribution in [3.8, 4) is 0 Å². The van der Waals surface area contributed by atoms with Gasteiger partial charge in [0, 0.05) is 51.0 Å². The van der Waals surface area contributed by atoms with Crippen molar-refractivity contribution in [3.63, 3.8) is 0 Å². The molecule has 1 amide bonds. The van der Waals surface area contributed by atoms with Crippen molar-refractivity contribution in [2.24, 2.45) is 0 Å². The van der Waals surface area contributed by atoms with Gasteiger partial charge < -0.3 is 20.5 Å². The number of aromatic nitrogens is 3. The summed E-state index contributed by atoms with van der Waals surface area (Å²) in [5.41, 5.74) is 9.07. The van der Waals surface area contributed by atoms with Gasteiger partial charge in [-0.25, -0.2) is 9.97 Å². The summed E-state index contributed by atoms with van der Waals surface area (Å²) in [6.45, 7) is 7.13. The lowest BCUT2D eigenvalue weighted by atomic mass is 10.1. The van der Waals surface area contributed by atoms with Crippen LogP contribution in [0.3, 0.4) is 0 Å². The van der Waals surface area contributed by atoms with Crippen LogP contribution in [0.2, 0.25) is 0 Å². The number of nitrogens with two attached hydrogens (primary N) is 1. The minimum atomic E-state index is 0.179. The number of rotatable bonds is 8. The summed E-state index contributed by atoms with van der Waals surface area (Å²) < 4.78 is 2.30. The Labute approximate surface area is 189 Å². The van der Waals surface area contributed by atoms with E-state index in [1.165, 1.54) is 0 Å². The Morgan fingerprint density at radius 2 is 2.00 bits per heavy atom. The normalized spacial score (nSPS) is 15.4. The van der Waals surface area contributed by atoms with Gasteiger partial charge in [0.2, 0.25) is 5.91 Å². The standard InChI is InChI=1S/C25H34N6O/c1-3-4-11-22-29-23-24(20-9-5-6-10-21(20)28-25(23)26)31(22)15-8-7-14-27-19-12-16-30(17-13-19)18(2)32/h5-10,19,27H,3-4,11-17H2,1-2H3,(H2,26,28)/b8-7+. The maximum Gasteiger partial charge on any atom is 0.219 e. The van der Waals surface area contributed by atoms with Gasteiger partial charge >= 0.3 is 0 Å². The Hall–Kier alpha value is -2.93. The number of carbonyl (C=O) groups is 1. The van der Waals surface area contributed by atoms with Crippen molar-refractivity contribution < 1.29 is 4.79 Å². The predicted octanol–water partition coefficient (Wildman–Crippen LogP) is 3.67. The van der Waals surface area contributed by atoms with E-state index in [9.17, 15) is 4.79 Å². The van der Waals surface area contributed by atoms with E-state index in [-0.39, 0.29) is 5.91 Å². The lowest BCUT2D eigenvalue weighted by Crippen LogP contribution is -2.44. The van der Waals surface area contributed by atoms with Gasteiger partial charge in [0.15, 0.2) is 5.82 Å². The zero-order chi connectivity index (χ0) is 22.5. The Morgan fingerprint density at radius 1 is 1.22 bits per heavy atom. The molecule has 3 N–H and O–H groups in total. The monoisotopic (exact) mass is 434 g/mol. The van der Waals surface area contributed by atoms with Crippen molar-refractivity contribution in [1.29, 1.82) is 0 Å². The molecule has 1 aromatic carbocycles. The average molecular weight is 435 g/mol. The summed E-state index contributed by atoms with van der Waals surface area (Å²) in [6, 6.07) is 8.61. The first-order valence-corrected chi connectivity index (χ1v) is 11.8. The van der Waals surface area contributed by atoms with Gasteiger partial charge in [0.1, 0.15) is 11.3 Å². The minimum Gasteiger partial charge on any atom is -0.382 e. The number of carbonyl (C=O) groups excluding carboxylic acids is 1. The van der Waals surface area contributed by atoms with E-state index in [0.717, 1.165) is 86.0 Å². The Kier molecular flexibility index (Phi) is 7.05. The predicted molar refractivity (Wildman–Crippen MR) is 130 cm³/mol. The highest BCUT2D eigenvalue weighted by atomic mass is 16.2. The summed E-state index contributed by atoms with van der Waals surface area (Å²) in [5.74, 6) is 1.75. The molecular weight excluding hydrogens is 400 g/mol. The fraction of sp³-hybridized carbons (Fsp3) is 0.480. The third kappa shape index (κ3) is 4.78. The molecule has 3 heterocycles. The van der Waals surface area contributed by atoms with Crippen LogP contribution >= 0.6 is 0 Å². The molecule has 4 rings (SSSR count). The number of fused-ring (bicyclic) bond motifs is 3. The van der Waals surface area contributed by atoms with Gasteiger partial charge in [-0.3, -0.25) is 4.79 Å². The molecule has 32 heavy (non-hydrogen) atoms. The molecule has 170 valence electrons. The van der Waals surface area contributed by atoms with E-state index in [0.29, 0.717) is 11.9 Å². The molecule has 0 saturated carbocycles. The maximum absolute atomic E-state index is 11.5. The number of piperidine rings is 1. The number of unbranched alkanes of at least 4 members (excludes halogenated alkanes) is 1. The van der Waals surface area contributed by atoms with Crippen LogP contribution in [0.15, 0.2) is 36.4 Å². The van der Waals surface area contributed by atoms with Crippen LogP contribution in [-0.2, 0) is 17.8 Å². The molecule has 7 nitrogen and oxygen atoms in total. The number of nitrogen functional groups attached to an aromatic ring is 1. The van der Waals surface area contributed by atoms with Crippen LogP contribution in [-0.4, -0.2) is 51.0 Å². The largest absolute Gasteiger partial charge is 0.382 e. The number of nitrogens with one attached hydrogen (secondary N) is 1. The van der Waals surface area contributed by atoms with Crippen molar-refractivity contribution >= 4 is 33.7 Å². The first kappa shape index (κ1) is 22.3. The number of imidazole rings is 1. The van der Waals surface area contributed by atoms with Crippen LogP contribution in [0, 0.1) is 0 Å². The van der Waals surface area contributed by atoms with Crippen molar-refractivity contribution in [2.75, 3.05) is 25.4 Å². The lowest BCUT2D eigenvalue weighted by molar-refractivity contribution is -0.129. The number of amides is 1. The zero-order valence-electron chi connectivity index (χ0n) is 19.2. The van der Waals surface area contributed by atoms with E-state index in [1.807, 2.05) is 23.1 Å². The van der Waals surface area contributed by atoms with Gasteiger partial charge in [0.25, 0.3) is 0 Å². The number of likely N-dealkylation sites (tertiary alicyclic amines) is 1. The Bertz CT molecular complexity index is 1110. The minimum absolute atomic E-state index is 0.179. The van der Waals surface area contributed by atoms with E-state index in [2.05, 4.69) is 40.0 Å². The summed E-state index contributed by atoms with van der Waals surface area (Å²) in [7, 11) is 0. The number of aryl methyl sites for hydroxylation is 1. The molecular formula is C25H34N6O. The van der Waals surface area contributed by atoms with E-state index in [1.54, 1.807) is 6.92 Å². The molecule has 2 aromatic heterocycles. The molecule has 7 heteroatoms. The van der Waals surface area contributed by atoms with Crippen LogP contribution in [0.5, 0.6) is 0 Å². The first-order valence-electron chi connectivity index (χ1n) is 11.8. The molecule has 0 aliphatic carbocycles. The van der Waals surface area contributed by atoms with E-state index in [4.69, 9.17) is 10.7 Å². The number of allylic oxidation sites excluding steroid dienone is 1. The van der Waals surface area contributed by atoms with Crippen molar-refractivity contribution in [2.45, 2.75) is 58.5 Å². The molecule has 0 radical (unpaired) electrons. The van der Waals surface area contributed by atoms with E-state index >= 15 is 0 Å². The van der Waals surface area contributed by atoms with Crippen molar-refractivity contribution in [1.82, 2.24) is 24.8 Å².